The summed E-state index contributed by atoms with van der Waals surface area (Å²) in [5, 5.41) is 4.02. The number of hydrogen-bond acceptors (Lipinski definition) is 3. The monoisotopic (exact) mass is 228 g/mol. The van der Waals surface area contributed by atoms with Crippen molar-refractivity contribution in [3.63, 3.8) is 0 Å². The van der Waals surface area contributed by atoms with Crippen LogP contribution >= 0.6 is 11.6 Å². The van der Waals surface area contributed by atoms with E-state index in [0.29, 0.717) is 10.7 Å². The molecule has 2 rings (SSSR count). The summed E-state index contributed by atoms with van der Waals surface area (Å²) >= 11 is 5.92. The van der Waals surface area contributed by atoms with Crippen LogP contribution in [0.4, 0.5) is 0 Å². The number of aromatic nitrogens is 1. The van der Waals surface area contributed by atoms with Gasteiger partial charge in [0.1, 0.15) is 5.02 Å². The Morgan fingerprint density at radius 3 is 2.60 bits per heavy atom. The Morgan fingerprint density at radius 2 is 2.07 bits per heavy atom. The summed E-state index contributed by atoms with van der Waals surface area (Å²) < 4.78 is 4.94. The number of piperidine rings is 1. The van der Waals surface area contributed by atoms with E-state index in [4.69, 9.17) is 16.1 Å². The van der Waals surface area contributed by atoms with Crippen molar-refractivity contribution < 1.29 is 9.32 Å². The van der Waals surface area contributed by atoms with Crippen LogP contribution in [0.15, 0.2) is 4.52 Å². The number of nitrogens with zero attached hydrogens (tertiary/aromatic N) is 2. The first-order valence-electron chi connectivity index (χ1n) is 5.11. The maximum absolute atomic E-state index is 11.9. The lowest BCUT2D eigenvalue weighted by molar-refractivity contribution is 0.0682. The molecule has 1 aliphatic rings. The van der Waals surface area contributed by atoms with E-state index in [1.165, 1.54) is 6.42 Å². The third-order valence-electron chi connectivity index (χ3n) is 2.63. The lowest BCUT2D eigenvalue weighted by atomic mass is 10.1. The molecule has 5 heteroatoms. The average molecular weight is 229 g/mol. The summed E-state index contributed by atoms with van der Waals surface area (Å²) in [7, 11) is 0. The van der Waals surface area contributed by atoms with Crippen molar-refractivity contribution in [3.05, 3.63) is 16.5 Å². The molecule has 1 amide bonds. The summed E-state index contributed by atoms with van der Waals surface area (Å²) in [6, 6.07) is 0. The van der Waals surface area contributed by atoms with E-state index in [-0.39, 0.29) is 11.7 Å². The molecule has 0 radical (unpaired) electrons. The zero-order valence-electron chi connectivity index (χ0n) is 8.62. The normalized spacial score (nSPS) is 16.8. The fraction of sp³-hybridized carbons (Fsp3) is 0.600. The van der Waals surface area contributed by atoms with Crippen LogP contribution in [0.25, 0.3) is 0 Å². The largest absolute Gasteiger partial charge is 0.349 e. The Hall–Kier alpha value is -1.03. The van der Waals surface area contributed by atoms with Crippen LogP contribution in [0.2, 0.25) is 5.02 Å². The minimum Gasteiger partial charge on any atom is -0.349 e. The molecule has 0 spiro atoms. The fourth-order valence-electron chi connectivity index (χ4n) is 1.73. The van der Waals surface area contributed by atoms with Crippen LogP contribution in [-0.2, 0) is 0 Å². The zero-order chi connectivity index (χ0) is 10.8. The molecular weight excluding hydrogens is 216 g/mol. The second-order valence-corrected chi connectivity index (χ2v) is 4.14. The van der Waals surface area contributed by atoms with Gasteiger partial charge >= 0.3 is 0 Å². The molecule has 0 unspecified atom stereocenters. The highest BCUT2D eigenvalue weighted by atomic mass is 35.5. The summed E-state index contributed by atoms with van der Waals surface area (Å²) in [6.07, 6.45) is 3.29. The van der Waals surface area contributed by atoms with Gasteiger partial charge in [-0.1, -0.05) is 16.8 Å². The fourth-order valence-corrected chi connectivity index (χ4v) is 1.88. The highest BCUT2D eigenvalue weighted by Gasteiger charge is 2.25. The lowest BCUT2D eigenvalue weighted by Gasteiger charge is -2.25. The van der Waals surface area contributed by atoms with Gasteiger partial charge in [0.15, 0.2) is 0 Å². The number of carbonyl (C=O) groups is 1. The molecule has 15 heavy (non-hydrogen) atoms. The molecule has 0 atom stereocenters. The van der Waals surface area contributed by atoms with Gasteiger partial charge in [0.2, 0.25) is 5.76 Å². The molecule has 1 saturated heterocycles. The van der Waals surface area contributed by atoms with E-state index >= 15 is 0 Å². The molecule has 2 heterocycles. The number of likely N-dealkylation sites (tertiary alicyclic amines) is 1. The maximum Gasteiger partial charge on any atom is 0.294 e. The van der Waals surface area contributed by atoms with Crippen LogP contribution in [0.3, 0.4) is 0 Å². The predicted octanol–water partition coefficient (Wildman–Crippen LogP) is 2.26. The molecule has 0 saturated carbocycles. The Morgan fingerprint density at radius 1 is 1.40 bits per heavy atom. The van der Waals surface area contributed by atoms with Crippen LogP contribution in [0.1, 0.15) is 35.5 Å². The summed E-state index contributed by atoms with van der Waals surface area (Å²) in [6.45, 7) is 3.29. The van der Waals surface area contributed by atoms with Crippen molar-refractivity contribution in [2.45, 2.75) is 26.2 Å². The minimum atomic E-state index is -0.139. The molecule has 1 aromatic rings. The van der Waals surface area contributed by atoms with E-state index < -0.39 is 0 Å². The van der Waals surface area contributed by atoms with Gasteiger partial charge in [0.05, 0.1) is 5.69 Å². The van der Waals surface area contributed by atoms with E-state index in [1.54, 1.807) is 11.8 Å². The van der Waals surface area contributed by atoms with Gasteiger partial charge < -0.3 is 9.42 Å². The number of halogens is 1. The van der Waals surface area contributed by atoms with Gasteiger partial charge in [-0.25, -0.2) is 0 Å². The number of aryl methyl sites for hydroxylation is 1. The first-order chi connectivity index (χ1) is 7.20. The molecule has 0 aromatic carbocycles. The van der Waals surface area contributed by atoms with Gasteiger partial charge in [0, 0.05) is 13.1 Å². The molecule has 82 valence electrons. The first kappa shape index (κ1) is 10.5. The van der Waals surface area contributed by atoms with Gasteiger partial charge in [0.25, 0.3) is 5.91 Å². The van der Waals surface area contributed by atoms with Crippen LogP contribution in [-0.4, -0.2) is 29.1 Å². The van der Waals surface area contributed by atoms with Gasteiger partial charge in [-0.2, -0.15) is 0 Å². The topological polar surface area (TPSA) is 46.3 Å². The molecule has 1 aliphatic heterocycles. The molecular formula is C10H13ClN2O2. The Kier molecular flexibility index (Phi) is 2.95. The number of amides is 1. The standard InChI is InChI=1S/C10H13ClN2O2/c1-7-8(11)9(15-12-7)10(14)13-5-3-2-4-6-13/h2-6H2,1H3. The van der Waals surface area contributed by atoms with Crippen LogP contribution in [0.5, 0.6) is 0 Å². The van der Waals surface area contributed by atoms with Gasteiger partial charge in [-0.05, 0) is 26.2 Å². The van der Waals surface area contributed by atoms with Crippen molar-refractivity contribution >= 4 is 17.5 Å². The van der Waals surface area contributed by atoms with Crippen molar-refractivity contribution in [1.29, 1.82) is 0 Å². The Bertz CT molecular complexity index is 369. The second-order valence-electron chi connectivity index (χ2n) is 3.76. The number of hydrogen-bond donors (Lipinski definition) is 0. The van der Waals surface area contributed by atoms with E-state index in [1.807, 2.05) is 0 Å². The molecule has 0 N–H and O–H groups in total. The zero-order valence-corrected chi connectivity index (χ0v) is 9.38. The highest BCUT2D eigenvalue weighted by Crippen LogP contribution is 2.22. The maximum atomic E-state index is 11.9. The minimum absolute atomic E-state index is 0.139. The van der Waals surface area contributed by atoms with E-state index in [0.717, 1.165) is 25.9 Å². The quantitative estimate of drug-likeness (QED) is 0.741. The number of carbonyl (C=O) groups excluding carboxylic acids is 1. The summed E-state index contributed by atoms with van der Waals surface area (Å²) in [5.74, 6) is 0.0383. The third-order valence-corrected chi connectivity index (χ3v) is 3.07. The third kappa shape index (κ3) is 2.00. The predicted molar refractivity (Wildman–Crippen MR) is 56.0 cm³/mol. The van der Waals surface area contributed by atoms with Crippen LogP contribution in [0, 0.1) is 6.92 Å². The van der Waals surface area contributed by atoms with Crippen molar-refractivity contribution in [2.24, 2.45) is 0 Å². The lowest BCUT2D eigenvalue weighted by Crippen LogP contribution is -2.35. The van der Waals surface area contributed by atoms with E-state index in [9.17, 15) is 4.79 Å². The van der Waals surface area contributed by atoms with Crippen molar-refractivity contribution in [2.75, 3.05) is 13.1 Å². The SMILES string of the molecule is Cc1noc(C(=O)N2CCCCC2)c1Cl. The van der Waals surface area contributed by atoms with Crippen molar-refractivity contribution in [1.82, 2.24) is 10.1 Å². The smallest absolute Gasteiger partial charge is 0.294 e. The Balaban J connectivity index is 2.16. The molecule has 1 aromatic heterocycles. The van der Waals surface area contributed by atoms with Crippen LogP contribution < -0.4 is 0 Å². The molecule has 0 bridgehead atoms. The van der Waals surface area contributed by atoms with Gasteiger partial charge in [-0.15, -0.1) is 0 Å². The van der Waals surface area contributed by atoms with Gasteiger partial charge in [-0.3, -0.25) is 4.79 Å². The number of rotatable bonds is 1. The highest BCUT2D eigenvalue weighted by molar-refractivity contribution is 6.33. The van der Waals surface area contributed by atoms with Crippen molar-refractivity contribution in [3.8, 4) is 0 Å². The summed E-state index contributed by atoms with van der Waals surface area (Å²) in [5.41, 5.74) is 0.567. The molecule has 4 nitrogen and oxygen atoms in total. The second kappa shape index (κ2) is 4.23. The average Bonchev–Trinajstić information content (AvgIpc) is 2.60. The summed E-state index contributed by atoms with van der Waals surface area (Å²) in [4.78, 5) is 13.7. The molecule has 1 fully saturated rings. The first-order valence-corrected chi connectivity index (χ1v) is 5.49. The van der Waals surface area contributed by atoms with E-state index in [2.05, 4.69) is 5.16 Å². The molecule has 0 aliphatic carbocycles. The Labute approximate surface area is 93.2 Å².